The van der Waals surface area contributed by atoms with Crippen molar-refractivity contribution in [3.8, 4) is 5.75 Å². The van der Waals surface area contributed by atoms with Crippen LogP contribution in [0.5, 0.6) is 5.75 Å². The van der Waals surface area contributed by atoms with Crippen LogP contribution in [0.4, 0.5) is 0 Å². The maximum absolute atomic E-state index is 12.5. The monoisotopic (exact) mass is 326 g/mol. The molecule has 8 nitrogen and oxygen atoms in total. The van der Waals surface area contributed by atoms with E-state index < -0.39 is 10.0 Å². The first-order valence-electron chi connectivity index (χ1n) is 7.02. The lowest BCUT2D eigenvalue weighted by atomic mass is 10.1. The summed E-state index contributed by atoms with van der Waals surface area (Å²) in [7, 11) is -1.72. The molecule has 1 aromatic rings. The van der Waals surface area contributed by atoms with Crippen LogP contribution in [0.25, 0.3) is 0 Å². The number of hydrogen-bond acceptors (Lipinski definition) is 6. The largest absolute Gasteiger partial charge is 0.494 e. The average Bonchev–Trinajstić information content (AvgIpc) is 3.06. The molecule has 0 aromatic carbocycles. The summed E-state index contributed by atoms with van der Waals surface area (Å²) < 4.78 is 29.7. The molecule has 2 aliphatic heterocycles. The lowest BCUT2D eigenvalue weighted by molar-refractivity contribution is 0.0720. The van der Waals surface area contributed by atoms with Gasteiger partial charge in [-0.1, -0.05) is 0 Å². The van der Waals surface area contributed by atoms with E-state index in [0.717, 1.165) is 6.42 Å². The molecule has 2 aliphatic rings. The second kappa shape index (κ2) is 5.47. The van der Waals surface area contributed by atoms with E-state index in [1.54, 1.807) is 4.90 Å². The minimum atomic E-state index is -3.22. The fourth-order valence-corrected chi connectivity index (χ4v) is 3.99. The Morgan fingerprint density at radius 3 is 2.59 bits per heavy atom. The number of carbonyl (C=O) groups is 1. The van der Waals surface area contributed by atoms with Crippen LogP contribution >= 0.6 is 0 Å². The highest BCUT2D eigenvalue weighted by molar-refractivity contribution is 7.88. The quantitative estimate of drug-likeness (QED) is 0.750. The van der Waals surface area contributed by atoms with E-state index in [9.17, 15) is 13.2 Å². The Balaban J connectivity index is 1.76. The predicted octanol–water partition coefficient (Wildman–Crippen LogP) is -0.409. The smallest absolute Gasteiger partial charge is 0.291 e. The highest BCUT2D eigenvalue weighted by atomic mass is 32.2. The van der Waals surface area contributed by atoms with E-state index in [4.69, 9.17) is 4.74 Å². The Kier molecular flexibility index (Phi) is 3.77. The Morgan fingerprint density at radius 2 is 2.00 bits per heavy atom. The van der Waals surface area contributed by atoms with Crippen LogP contribution in [-0.2, 0) is 10.0 Å². The lowest BCUT2D eigenvalue weighted by Gasteiger charge is -2.23. The van der Waals surface area contributed by atoms with E-state index in [-0.39, 0.29) is 23.7 Å². The number of aromatic nitrogens is 2. The van der Waals surface area contributed by atoms with E-state index in [2.05, 4.69) is 9.97 Å². The van der Waals surface area contributed by atoms with Crippen LogP contribution in [0.3, 0.4) is 0 Å². The van der Waals surface area contributed by atoms with Crippen molar-refractivity contribution in [2.75, 3.05) is 33.0 Å². The van der Waals surface area contributed by atoms with Crippen LogP contribution in [0.2, 0.25) is 0 Å². The van der Waals surface area contributed by atoms with Gasteiger partial charge in [0.1, 0.15) is 0 Å². The number of nitrogens with zero attached hydrogens (tertiary/aromatic N) is 4. The highest BCUT2D eigenvalue weighted by Gasteiger charge is 2.46. The van der Waals surface area contributed by atoms with Gasteiger partial charge >= 0.3 is 0 Å². The van der Waals surface area contributed by atoms with Gasteiger partial charge in [-0.25, -0.2) is 18.4 Å². The van der Waals surface area contributed by atoms with Crippen LogP contribution in [-0.4, -0.2) is 72.5 Å². The average molecular weight is 326 g/mol. The molecule has 2 atom stereocenters. The Labute approximate surface area is 129 Å². The van der Waals surface area contributed by atoms with Crippen molar-refractivity contribution in [2.45, 2.75) is 12.5 Å². The van der Waals surface area contributed by atoms with Crippen molar-refractivity contribution >= 4 is 15.9 Å². The lowest BCUT2D eigenvalue weighted by Crippen LogP contribution is -2.41. The first kappa shape index (κ1) is 15.2. The number of likely N-dealkylation sites (tertiary alicyclic amines) is 1. The summed E-state index contributed by atoms with van der Waals surface area (Å²) in [6.07, 6.45) is 4.90. The van der Waals surface area contributed by atoms with Gasteiger partial charge < -0.3 is 9.64 Å². The first-order valence-corrected chi connectivity index (χ1v) is 8.87. The predicted molar refractivity (Wildman–Crippen MR) is 77.9 cm³/mol. The second-order valence-corrected chi connectivity index (χ2v) is 7.62. The molecule has 3 rings (SSSR count). The number of amides is 1. The van der Waals surface area contributed by atoms with E-state index in [0.29, 0.717) is 25.4 Å². The molecule has 9 heteroatoms. The zero-order valence-corrected chi connectivity index (χ0v) is 13.3. The van der Waals surface area contributed by atoms with Crippen LogP contribution < -0.4 is 4.74 Å². The summed E-state index contributed by atoms with van der Waals surface area (Å²) in [5.41, 5.74) is 0. The van der Waals surface area contributed by atoms with E-state index >= 15 is 0 Å². The van der Waals surface area contributed by atoms with Crippen molar-refractivity contribution in [2.24, 2.45) is 5.92 Å². The molecule has 22 heavy (non-hydrogen) atoms. The molecule has 0 bridgehead atoms. The fourth-order valence-electron chi connectivity index (χ4n) is 3.11. The minimum absolute atomic E-state index is 0.0899. The first-order chi connectivity index (χ1) is 10.4. The standard InChI is InChI=1S/C13H18N4O4S/c1-21-10-5-14-12(15-6-10)13(18)17-4-3-9-7-16(8-11(9)17)22(2,19)20/h5-6,9,11H,3-4,7-8H2,1-2H3/t9-,11+/m0/s1. The maximum Gasteiger partial charge on any atom is 0.291 e. The maximum atomic E-state index is 12.5. The topological polar surface area (TPSA) is 92.7 Å². The molecule has 0 radical (unpaired) electrons. The molecule has 0 unspecified atom stereocenters. The van der Waals surface area contributed by atoms with Gasteiger partial charge in [0, 0.05) is 19.6 Å². The van der Waals surface area contributed by atoms with Gasteiger partial charge in [-0.2, -0.15) is 4.31 Å². The number of sulfonamides is 1. The van der Waals surface area contributed by atoms with Gasteiger partial charge in [0.25, 0.3) is 5.91 Å². The molecule has 2 fully saturated rings. The summed E-state index contributed by atoms with van der Waals surface area (Å²) >= 11 is 0. The van der Waals surface area contributed by atoms with Crippen LogP contribution in [0.15, 0.2) is 12.4 Å². The second-order valence-electron chi connectivity index (χ2n) is 5.64. The van der Waals surface area contributed by atoms with Crippen molar-refractivity contribution in [3.05, 3.63) is 18.2 Å². The number of rotatable bonds is 3. The molecule has 0 spiro atoms. The Morgan fingerprint density at radius 1 is 1.32 bits per heavy atom. The molecule has 1 aromatic heterocycles. The molecule has 2 saturated heterocycles. The number of carbonyl (C=O) groups excluding carboxylic acids is 1. The van der Waals surface area contributed by atoms with Gasteiger partial charge in [0.2, 0.25) is 15.8 Å². The summed E-state index contributed by atoms with van der Waals surface area (Å²) in [6.45, 7) is 1.45. The highest BCUT2D eigenvalue weighted by Crippen LogP contribution is 2.33. The SMILES string of the molecule is COc1cnc(C(=O)N2CC[C@H]3CN(S(C)(=O)=O)C[C@H]32)nc1. The number of hydrogen-bond donors (Lipinski definition) is 0. The fraction of sp³-hybridized carbons (Fsp3) is 0.615. The molecule has 3 heterocycles. The molecule has 0 saturated carbocycles. The van der Waals surface area contributed by atoms with Gasteiger partial charge in [0.15, 0.2) is 5.75 Å². The van der Waals surface area contributed by atoms with Crippen LogP contribution in [0.1, 0.15) is 17.0 Å². The zero-order valence-electron chi connectivity index (χ0n) is 12.5. The molecule has 0 aliphatic carbocycles. The molecule has 0 N–H and O–H groups in total. The van der Waals surface area contributed by atoms with Crippen molar-refractivity contribution in [1.82, 2.24) is 19.2 Å². The number of methoxy groups -OCH3 is 1. The van der Waals surface area contributed by atoms with Crippen LogP contribution in [0, 0.1) is 5.92 Å². The van der Waals surface area contributed by atoms with E-state index in [1.165, 1.54) is 30.1 Å². The summed E-state index contributed by atoms with van der Waals surface area (Å²) in [5, 5.41) is 0. The normalized spacial score (nSPS) is 25.3. The third kappa shape index (κ3) is 2.66. The third-order valence-electron chi connectivity index (χ3n) is 4.30. The summed E-state index contributed by atoms with van der Waals surface area (Å²) in [4.78, 5) is 22.3. The van der Waals surface area contributed by atoms with Crippen molar-refractivity contribution in [1.29, 1.82) is 0 Å². The van der Waals surface area contributed by atoms with Gasteiger partial charge in [-0.05, 0) is 12.3 Å². The molecule has 1 amide bonds. The number of ether oxygens (including phenoxy) is 1. The summed E-state index contributed by atoms with van der Waals surface area (Å²) in [5.74, 6) is 0.529. The minimum Gasteiger partial charge on any atom is -0.494 e. The Bertz CT molecular complexity index is 676. The van der Waals surface area contributed by atoms with Crippen molar-refractivity contribution < 1.29 is 17.9 Å². The third-order valence-corrected chi connectivity index (χ3v) is 5.54. The van der Waals surface area contributed by atoms with Gasteiger partial charge in [-0.15, -0.1) is 0 Å². The molecule has 120 valence electrons. The van der Waals surface area contributed by atoms with Gasteiger partial charge in [0.05, 0.1) is 31.8 Å². The zero-order chi connectivity index (χ0) is 15.9. The Hall–Kier alpha value is -1.74. The van der Waals surface area contributed by atoms with Crippen molar-refractivity contribution in [3.63, 3.8) is 0 Å². The number of fused-ring (bicyclic) bond motifs is 1. The molecular formula is C13H18N4O4S. The molecular weight excluding hydrogens is 308 g/mol. The summed E-state index contributed by atoms with van der Waals surface area (Å²) in [6, 6.07) is -0.0899. The van der Waals surface area contributed by atoms with Gasteiger partial charge in [-0.3, -0.25) is 4.79 Å². The van der Waals surface area contributed by atoms with E-state index in [1.807, 2.05) is 0 Å².